The van der Waals surface area contributed by atoms with Gasteiger partial charge in [0.05, 0.1) is 5.56 Å². The Hall–Kier alpha value is -3.15. The van der Waals surface area contributed by atoms with Gasteiger partial charge in [0.2, 0.25) is 0 Å². The van der Waals surface area contributed by atoms with Crippen molar-refractivity contribution in [3.05, 3.63) is 102 Å². The Morgan fingerprint density at radius 2 is 1.50 bits per heavy atom. The molecule has 1 unspecified atom stereocenters. The van der Waals surface area contributed by atoms with Crippen molar-refractivity contribution in [1.29, 1.82) is 0 Å². The van der Waals surface area contributed by atoms with E-state index < -0.39 is 0 Å². The predicted molar refractivity (Wildman–Crippen MR) is 163 cm³/mol. The smallest absolute Gasteiger partial charge is 0.255 e. The minimum absolute atomic E-state index is 0.0340. The second-order valence-electron chi connectivity index (χ2n) is 11.5. The molecular weight excluding hydrogens is 494 g/mol. The number of nitrogens with one attached hydrogen (secondary N) is 1. The Labute approximate surface area is 240 Å². The molecule has 1 amide bonds. The van der Waals surface area contributed by atoms with Crippen LogP contribution in [-0.4, -0.2) is 67.1 Å². The molecule has 0 aromatic heterocycles. The first-order chi connectivity index (χ1) is 19.7. The molecule has 212 valence electrons. The number of likely N-dealkylation sites (tertiary alicyclic amines) is 2. The van der Waals surface area contributed by atoms with E-state index in [0.717, 1.165) is 45.4 Å². The van der Waals surface area contributed by atoms with Crippen molar-refractivity contribution >= 4 is 5.91 Å². The van der Waals surface area contributed by atoms with Crippen LogP contribution in [0, 0.1) is 0 Å². The molecular formula is C35H45N3O2. The molecule has 3 aromatic rings. The number of carbonyl (C=O) groups excluding carboxylic acids is 1. The van der Waals surface area contributed by atoms with Crippen molar-refractivity contribution in [3.63, 3.8) is 0 Å². The van der Waals surface area contributed by atoms with Crippen molar-refractivity contribution in [2.24, 2.45) is 0 Å². The Balaban J connectivity index is 1.11. The number of nitrogens with zero attached hydrogens (tertiary/aromatic N) is 2. The van der Waals surface area contributed by atoms with Gasteiger partial charge < -0.3 is 19.9 Å². The van der Waals surface area contributed by atoms with Crippen LogP contribution in [-0.2, 0) is 0 Å². The van der Waals surface area contributed by atoms with E-state index in [1.165, 1.54) is 36.9 Å². The molecule has 0 radical (unpaired) electrons. The number of piperidine rings is 2. The van der Waals surface area contributed by atoms with Crippen LogP contribution in [0.25, 0.3) is 0 Å². The van der Waals surface area contributed by atoms with Crippen LogP contribution in [0.3, 0.4) is 0 Å². The Morgan fingerprint density at radius 3 is 2.17 bits per heavy atom. The molecule has 3 aromatic carbocycles. The molecule has 0 saturated carbocycles. The van der Waals surface area contributed by atoms with Crippen LogP contribution in [0.5, 0.6) is 5.75 Å². The lowest BCUT2D eigenvalue weighted by Gasteiger charge is -2.35. The van der Waals surface area contributed by atoms with E-state index in [1.807, 2.05) is 24.3 Å². The fraction of sp³-hybridized carbons (Fsp3) is 0.457. The number of para-hydroxylation sites is 1. The highest BCUT2D eigenvalue weighted by Crippen LogP contribution is 2.28. The first kappa shape index (κ1) is 28.4. The molecule has 5 rings (SSSR count). The molecule has 2 aliphatic rings. The lowest BCUT2D eigenvalue weighted by Crippen LogP contribution is -2.40. The van der Waals surface area contributed by atoms with E-state index in [9.17, 15) is 4.79 Å². The predicted octanol–water partition coefficient (Wildman–Crippen LogP) is 6.36. The van der Waals surface area contributed by atoms with Gasteiger partial charge in [0.1, 0.15) is 11.9 Å². The summed E-state index contributed by atoms with van der Waals surface area (Å²) in [7, 11) is 0. The highest BCUT2D eigenvalue weighted by atomic mass is 16.5. The molecule has 5 nitrogen and oxygen atoms in total. The lowest BCUT2D eigenvalue weighted by atomic mass is 9.90. The maximum absolute atomic E-state index is 13.1. The molecule has 1 N–H and O–H groups in total. The zero-order valence-electron chi connectivity index (χ0n) is 24.0. The second-order valence-corrected chi connectivity index (χ2v) is 11.5. The molecule has 40 heavy (non-hydrogen) atoms. The van der Waals surface area contributed by atoms with Gasteiger partial charge in [0.25, 0.3) is 5.91 Å². The van der Waals surface area contributed by atoms with Crippen LogP contribution in [0.15, 0.2) is 84.9 Å². The summed E-state index contributed by atoms with van der Waals surface area (Å²) in [6.07, 6.45) is 6.94. The van der Waals surface area contributed by atoms with Gasteiger partial charge in [-0.1, -0.05) is 79.2 Å². The van der Waals surface area contributed by atoms with Gasteiger partial charge in [-0.3, -0.25) is 4.79 Å². The highest BCUT2D eigenvalue weighted by Gasteiger charge is 2.25. The summed E-state index contributed by atoms with van der Waals surface area (Å²) in [4.78, 5) is 18.2. The zero-order valence-corrected chi connectivity index (χ0v) is 24.0. The molecule has 0 bridgehead atoms. The third kappa shape index (κ3) is 7.74. The van der Waals surface area contributed by atoms with Gasteiger partial charge in [-0.2, -0.15) is 0 Å². The maximum atomic E-state index is 13.1. The number of carbonyl (C=O) groups is 1. The van der Waals surface area contributed by atoms with Crippen LogP contribution < -0.4 is 10.1 Å². The number of benzene rings is 3. The Morgan fingerprint density at radius 1 is 0.850 bits per heavy atom. The second kappa shape index (κ2) is 14.5. The van der Waals surface area contributed by atoms with Gasteiger partial charge in [-0.25, -0.2) is 0 Å². The molecule has 2 aliphatic heterocycles. The summed E-state index contributed by atoms with van der Waals surface area (Å²) in [6.45, 7) is 8.22. The number of hydrogen-bond acceptors (Lipinski definition) is 4. The van der Waals surface area contributed by atoms with Crippen LogP contribution in [0.2, 0.25) is 0 Å². The molecule has 5 heteroatoms. The van der Waals surface area contributed by atoms with Gasteiger partial charge in [0, 0.05) is 44.7 Å². The normalized spacial score (nSPS) is 19.0. The zero-order chi connectivity index (χ0) is 27.6. The first-order valence-electron chi connectivity index (χ1n) is 15.3. The van der Waals surface area contributed by atoms with E-state index in [0.29, 0.717) is 29.8 Å². The van der Waals surface area contributed by atoms with Gasteiger partial charge >= 0.3 is 0 Å². The summed E-state index contributed by atoms with van der Waals surface area (Å²) in [5, 5.41) is 3.14. The molecule has 1 atom stereocenters. The van der Waals surface area contributed by atoms with E-state index in [1.54, 1.807) is 0 Å². The third-order valence-electron chi connectivity index (χ3n) is 8.65. The van der Waals surface area contributed by atoms with Crippen LogP contribution in [0.1, 0.15) is 72.9 Å². The van der Waals surface area contributed by atoms with Crippen molar-refractivity contribution in [2.75, 3.05) is 39.3 Å². The molecule has 0 aliphatic carbocycles. The van der Waals surface area contributed by atoms with Gasteiger partial charge in [0.15, 0.2) is 0 Å². The van der Waals surface area contributed by atoms with Crippen LogP contribution in [0.4, 0.5) is 0 Å². The largest absolute Gasteiger partial charge is 0.489 e. The minimum atomic E-state index is -0.0340. The maximum Gasteiger partial charge on any atom is 0.255 e. The number of hydrogen-bond donors (Lipinski definition) is 1. The van der Waals surface area contributed by atoms with E-state index in [2.05, 4.69) is 82.7 Å². The fourth-order valence-corrected chi connectivity index (χ4v) is 6.25. The Kier molecular flexibility index (Phi) is 10.3. The van der Waals surface area contributed by atoms with Crippen molar-refractivity contribution < 1.29 is 9.53 Å². The third-order valence-corrected chi connectivity index (χ3v) is 8.65. The summed E-state index contributed by atoms with van der Waals surface area (Å²) in [5.74, 6) is 1.02. The first-order valence-corrected chi connectivity index (χ1v) is 15.3. The number of ether oxygens (including phenoxy) is 1. The quantitative estimate of drug-likeness (QED) is 0.288. The highest BCUT2D eigenvalue weighted by molar-refractivity contribution is 5.96. The van der Waals surface area contributed by atoms with E-state index in [-0.39, 0.29) is 12.0 Å². The van der Waals surface area contributed by atoms with E-state index in [4.69, 9.17) is 4.74 Å². The molecule has 0 spiro atoms. The van der Waals surface area contributed by atoms with Crippen molar-refractivity contribution in [1.82, 2.24) is 15.1 Å². The van der Waals surface area contributed by atoms with Gasteiger partial charge in [-0.15, -0.1) is 0 Å². The fourth-order valence-electron chi connectivity index (χ4n) is 6.25. The van der Waals surface area contributed by atoms with Crippen molar-refractivity contribution in [3.8, 4) is 5.75 Å². The Bertz CT molecular complexity index is 1140. The van der Waals surface area contributed by atoms with Crippen molar-refractivity contribution in [2.45, 2.75) is 63.5 Å². The summed E-state index contributed by atoms with van der Waals surface area (Å²) >= 11 is 0. The van der Waals surface area contributed by atoms with Crippen LogP contribution >= 0.6 is 0 Å². The summed E-state index contributed by atoms with van der Waals surface area (Å²) in [5.41, 5.74) is 3.36. The van der Waals surface area contributed by atoms with Gasteiger partial charge in [-0.05, 0) is 68.8 Å². The summed E-state index contributed by atoms with van der Waals surface area (Å²) in [6, 6.07) is 30.0. The molecule has 2 fully saturated rings. The average Bonchev–Trinajstić information content (AvgIpc) is 3.01. The molecule has 2 saturated heterocycles. The lowest BCUT2D eigenvalue weighted by molar-refractivity contribution is 0.0897. The minimum Gasteiger partial charge on any atom is -0.489 e. The number of amides is 1. The standard InChI is InChI=1S/C35H45N3O2/c1-28-13-10-11-23-38(28)24-12-22-36-35(39)32-18-8-9-19-34(32)40-31-20-25-37(26-21-31)27-33(29-14-4-2-5-15-29)30-16-6-3-7-17-30/h2-9,14-19,28,31,33H,10-13,20-27H2,1H3,(H,36,39). The average molecular weight is 540 g/mol. The number of rotatable bonds is 11. The molecule has 2 heterocycles. The monoisotopic (exact) mass is 539 g/mol. The van der Waals surface area contributed by atoms with E-state index >= 15 is 0 Å². The SMILES string of the molecule is CC1CCCCN1CCCNC(=O)c1ccccc1OC1CCN(CC(c2ccccc2)c2ccccc2)CC1. The topological polar surface area (TPSA) is 44.8 Å². The summed E-state index contributed by atoms with van der Waals surface area (Å²) < 4.78 is 6.45.